The topological polar surface area (TPSA) is 50.5 Å². The highest BCUT2D eigenvalue weighted by Gasteiger charge is 2.34. The average molecular weight is 448 g/mol. The lowest BCUT2D eigenvalue weighted by atomic mass is 10.0. The first-order chi connectivity index (χ1) is 14.7. The van der Waals surface area contributed by atoms with Crippen LogP contribution in [-0.2, 0) is 0 Å². The average Bonchev–Trinajstić information content (AvgIpc) is 2.69. The Kier molecular flexibility index (Phi) is 5.26. The summed E-state index contributed by atoms with van der Waals surface area (Å²) in [5, 5.41) is 11.4. The molecule has 4 rings (SSSR count). The first kappa shape index (κ1) is 21.0. The first-order valence-electron chi connectivity index (χ1n) is 9.34. The molecule has 1 amide bonds. The fraction of sp³-hybridized carbons (Fsp3) is 0.182. The molecule has 0 aliphatic carbocycles. The lowest BCUT2D eigenvalue weighted by Gasteiger charge is -2.39. The van der Waals surface area contributed by atoms with E-state index in [-0.39, 0.29) is 22.9 Å². The van der Waals surface area contributed by atoms with E-state index in [2.05, 4.69) is 0 Å². The van der Waals surface area contributed by atoms with E-state index in [0.29, 0.717) is 27.2 Å². The summed E-state index contributed by atoms with van der Waals surface area (Å²) in [6, 6.07) is 8.06. The van der Waals surface area contributed by atoms with Crippen molar-refractivity contribution in [3.05, 3.63) is 87.1 Å². The highest BCUT2D eigenvalue weighted by atomic mass is 35.5. The van der Waals surface area contributed by atoms with Gasteiger partial charge in [0.05, 0.1) is 22.0 Å². The number of benzene rings is 2. The summed E-state index contributed by atoms with van der Waals surface area (Å²) in [4.78, 5) is 16.4. The van der Waals surface area contributed by atoms with Crippen LogP contribution < -0.4 is 14.5 Å². The summed E-state index contributed by atoms with van der Waals surface area (Å²) >= 11 is 6.05. The summed E-state index contributed by atoms with van der Waals surface area (Å²) in [6.45, 7) is 3.36. The van der Waals surface area contributed by atoms with Crippen molar-refractivity contribution in [2.45, 2.75) is 20.3 Å². The monoisotopic (exact) mass is 447 g/mol. The van der Waals surface area contributed by atoms with Gasteiger partial charge >= 0.3 is 0 Å². The molecule has 0 radical (unpaired) electrons. The highest BCUT2D eigenvalue weighted by Crippen LogP contribution is 2.41. The third kappa shape index (κ3) is 3.67. The Morgan fingerprint density at radius 3 is 2.39 bits per heavy atom. The molecule has 0 atom stereocenters. The summed E-state index contributed by atoms with van der Waals surface area (Å²) in [7, 11) is 0. The van der Waals surface area contributed by atoms with Gasteiger partial charge < -0.3 is 10.1 Å². The van der Waals surface area contributed by atoms with Gasteiger partial charge in [0.1, 0.15) is 12.5 Å². The fourth-order valence-electron chi connectivity index (χ4n) is 3.76. The highest BCUT2D eigenvalue weighted by molar-refractivity contribution is 6.32. The molecule has 0 fully saturated rings. The van der Waals surface area contributed by atoms with Crippen LogP contribution in [0.2, 0.25) is 5.02 Å². The predicted octanol–water partition coefficient (Wildman–Crippen LogP) is 5.42. The number of amides is 1. The zero-order valence-electron chi connectivity index (χ0n) is 16.6. The molecule has 9 heteroatoms. The van der Waals surface area contributed by atoms with E-state index < -0.39 is 23.7 Å². The smallest absolute Gasteiger partial charge is 0.265 e. The van der Waals surface area contributed by atoms with Gasteiger partial charge in [-0.15, -0.1) is 0 Å². The van der Waals surface area contributed by atoms with Gasteiger partial charge in [0.25, 0.3) is 12.3 Å². The molecular formula is C22H17ClF3N3O2. The van der Waals surface area contributed by atoms with Crippen LogP contribution in [0.25, 0.3) is 0 Å². The molecule has 0 spiro atoms. The molecular weight excluding hydrogens is 431 g/mol. The van der Waals surface area contributed by atoms with Crippen LogP contribution in [0.1, 0.15) is 33.5 Å². The van der Waals surface area contributed by atoms with Crippen molar-refractivity contribution < 1.29 is 22.7 Å². The Hall–Kier alpha value is -3.26. The molecule has 1 aliphatic heterocycles. The van der Waals surface area contributed by atoms with Crippen molar-refractivity contribution in [1.82, 2.24) is 0 Å². The second kappa shape index (κ2) is 7.77. The van der Waals surface area contributed by atoms with Crippen LogP contribution >= 0.6 is 11.6 Å². The number of rotatable bonds is 3. The molecule has 1 aliphatic rings. The third-order valence-corrected chi connectivity index (χ3v) is 5.57. The van der Waals surface area contributed by atoms with E-state index in [1.165, 1.54) is 53.7 Å². The Bertz CT molecular complexity index is 1200. The minimum absolute atomic E-state index is 0.0215. The van der Waals surface area contributed by atoms with Gasteiger partial charge in [-0.25, -0.2) is 13.2 Å². The van der Waals surface area contributed by atoms with Gasteiger partial charge in [-0.3, -0.25) is 9.69 Å². The Morgan fingerprint density at radius 2 is 1.74 bits per heavy atom. The molecule has 5 nitrogen and oxygen atoms in total. The third-order valence-electron chi connectivity index (χ3n) is 5.24. The van der Waals surface area contributed by atoms with Gasteiger partial charge in [-0.2, -0.15) is 4.73 Å². The summed E-state index contributed by atoms with van der Waals surface area (Å²) in [5.74, 6) is -0.879. The van der Waals surface area contributed by atoms with E-state index >= 15 is 0 Å². The number of hydrogen-bond donors (Lipinski definition) is 0. The number of nitrogens with zero attached hydrogens (tertiary/aromatic N) is 3. The molecule has 0 bridgehead atoms. The van der Waals surface area contributed by atoms with Crippen molar-refractivity contribution in [3.8, 4) is 0 Å². The number of carbonyl (C=O) groups excluding carboxylic acids is 1. The van der Waals surface area contributed by atoms with E-state index in [0.717, 1.165) is 0 Å². The number of anilines is 3. The maximum Gasteiger partial charge on any atom is 0.265 e. The molecule has 0 unspecified atom stereocenters. The minimum Gasteiger partial charge on any atom is -0.619 e. The van der Waals surface area contributed by atoms with Gasteiger partial charge in [0.2, 0.25) is 0 Å². The standard InChI is InChI=1S/C22H17ClF3N3O2/c1-12-7-14(24)3-4-18(12)28-11-29(19-5-6-27(31)10-13(19)2)22(30)16-8-17(23)15(21(25)26)9-20(16)28/h3-10,21H,11H2,1-2H3. The first-order valence-corrected chi connectivity index (χ1v) is 9.71. The Morgan fingerprint density at radius 1 is 1.03 bits per heavy atom. The van der Waals surface area contributed by atoms with Gasteiger partial charge in [0.15, 0.2) is 12.4 Å². The van der Waals surface area contributed by atoms with Crippen LogP contribution in [0.3, 0.4) is 0 Å². The van der Waals surface area contributed by atoms with Gasteiger partial charge in [0, 0.05) is 22.9 Å². The van der Waals surface area contributed by atoms with Crippen molar-refractivity contribution in [3.63, 3.8) is 0 Å². The van der Waals surface area contributed by atoms with Crippen LogP contribution in [0, 0.1) is 24.9 Å². The number of aromatic nitrogens is 1. The molecule has 1 aromatic heterocycles. The molecule has 31 heavy (non-hydrogen) atoms. The molecule has 2 heterocycles. The largest absolute Gasteiger partial charge is 0.619 e. The van der Waals surface area contributed by atoms with Crippen LogP contribution in [-0.4, -0.2) is 12.6 Å². The number of fused-ring (bicyclic) bond motifs is 1. The molecule has 0 N–H and O–H groups in total. The molecule has 2 aromatic carbocycles. The van der Waals surface area contributed by atoms with Crippen LogP contribution in [0.5, 0.6) is 0 Å². The zero-order valence-corrected chi connectivity index (χ0v) is 17.3. The number of pyridine rings is 1. The number of aryl methyl sites for hydroxylation is 2. The Balaban J connectivity index is 1.94. The summed E-state index contributed by atoms with van der Waals surface area (Å²) in [5.41, 5.74) is 2.15. The van der Waals surface area contributed by atoms with Crippen molar-refractivity contribution in [1.29, 1.82) is 0 Å². The van der Waals surface area contributed by atoms with Crippen molar-refractivity contribution in [2.75, 3.05) is 16.5 Å². The van der Waals surface area contributed by atoms with Gasteiger partial charge in [-0.1, -0.05) is 11.6 Å². The normalized spacial score (nSPS) is 13.7. The van der Waals surface area contributed by atoms with E-state index in [4.69, 9.17) is 11.6 Å². The van der Waals surface area contributed by atoms with E-state index in [1.807, 2.05) is 0 Å². The lowest BCUT2D eigenvalue weighted by molar-refractivity contribution is -0.605. The zero-order chi connectivity index (χ0) is 22.4. The van der Waals surface area contributed by atoms with Crippen LogP contribution in [0.15, 0.2) is 48.8 Å². The predicted molar refractivity (Wildman–Crippen MR) is 112 cm³/mol. The van der Waals surface area contributed by atoms with Gasteiger partial charge in [-0.05, 0) is 49.7 Å². The maximum atomic E-state index is 13.7. The minimum atomic E-state index is -2.83. The number of halogens is 4. The maximum absolute atomic E-state index is 13.7. The summed E-state index contributed by atoms with van der Waals surface area (Å²) < 4.78 is 41.3. The lowest BCUT2D eigenvalue weighted by Crippen LogP contribution is -2.46. The molecule has 160 valence electrons. The Labute approximate surface area is 181 Å². The number of alkyl halides is 2. The molecule has 3 aromatic rings. The summed E-state index contributed by atoms with van der Waals surface area (Å²) in [6.07, 6.45) is -0.227. The van der Waals surface area contributed by atoms with E-state index in [1.54, 1.807) is 18.7 Å². The molecule has 0 saturated carbocycles. The van der Waals surface area contributed by atoms with Crippen LogP contribution in [0.4, 0.5) is 30.2 Å². The van der Waals surface area contributed by atoms with Crippen molar-refractivity contribution >= 4 is 34.6 Å². The van der Waals surface area contributed by atoms with Crippen molar-refractivity contribution in [2.24, 2.45) is 0 Å². The van der Waals surface area contributed by atoms with E-state index in [9.17, 15) is 23.2 Å². The number of carbonyl (C=O) groups is 1. The quantitative estimate of drug-likeness (QED) is 0.398. The number of hydrogen-bond acceptors (Lipinski definition) is 3. The SMILES string of the molecule is Cc1c[n+]([O-])ccc1N1CN(c2ccc(F)cc2C)c2cc(C(F)F)c(Cl)cc2C1=O. The molecule has 0 saturated heterocycles. The second-order valence-electron chi connectivity index (χ2n) is 7.30. The fourth-order valence-corrected chi connectivity index (χ4v) is 4.00. The second-order valence-corrected chi connectivity index (χ2v) is 7.71.